The summed E-state index contributed by atoms with van der Waals surface area (Å²) in [5.41, 5.74) is 0. The molecule has 18 nitrogen and oxygen atoms in total. The molecule has 4 unspecified atom stereocenters. The van der Waals surface area contributed by atoms with Crippen molar-refractivity contribution in [2.45, 2.75) is 31.1 Å². The van der Waals surface area contributed by atoms with Gasteiger partial charge in [0.05, 0.1) is 52.9 Å². The lowest BCUT2D eigenvalue weighted by molar-refractivity contribution is 0.0397. The molecular weight excluding hydrogens is 705 g/mol. The molecule has 4 aliphatic heterocycles. The van der Waals surface area contributed by atoms with Gasteiger partial charge in [-0.2, -0.15) is 29.9 Å². The van der Waals surface area contributed by atoms with Gasteiger partial charge < -0.3 is 40.2 Å². The lowest BCUT2D eigenvalue weighted by Crippen LogP contribution is -2.39. The Morgan fingerprint density at radius 2 is 0.655 bits per heavy atom. The number of hydrogen-bond acceptors (Lipinski definition) is 18. The number of ether oxygens (including phenoxy) is 4. The Labute approximate surface area is 325 Å². The fourth-order valence-corrected chi connectivity index (χ4v) is 8.94. The van der Waals surface area contributed by atoms with Crippen LogP contribution in [0, 0.1) is 11.8 Å². The second-order valence-electron chi connectivity index (χ2n) is 15.6. The van der Waals surface area contributed by atoms with Crippen molar-refractivity contribution in [1.82, 2.24) is 49.5 Å². The minimum atomic E-state index is 0.280. The van der Waals surface area contributed by atoms with Gasteiger partial charge in [0.15, 0.2) is 0 Å². The predicted octanol–water partition coefficient (Wildman–Crippen LogP) is 0.330. The van der Waals surface area contributed by atoms with E-state index < -0.39 is 0 Å². The minimum Gasteiger partial charge on any atom is -0.379 e. The van der Waals surface area contributed by atoms with Crippen molar-refractivity contribution in [2.75, 3.05) is 179 Å². The van der Waals surface area contributed by atoms with Crippen LogP contribution >= 0.6 is 0 Å². The second kappa shape index (κ2) is 19.9. The van der Waals surface area contributed by atoms with Gasteiger partial charge in [-0.15, -0.1) is 0 Å². The lowest BCUT2D eigenvalue weighted by Gasteiger charge is -2.28. The first-order valence-corrected chi connectivity index (χ1v) is 20.9. The van der Waals surface area contributed by atoms with E-state index in [9.17, 15) is 0 Å². The minimum absolute atomic E-state index is 0.280. The molecule has 304 valence electrons. The largest absolute Gasteiger partial charge is 0.379 e. The maximum absolute atomic E-state index is 5.54. The fourth-order valence-electron chi connectivity index (χ4n) is 8.94. The number of anilines is 4. The molecule has 6 aliphatic rings. The standard InChI is InChI=1S/C37H62N14O4/c1(5-48-9-17-52-18-10-48)38-34-42-32(43-35(46-34)39-2-6-49-11-19-53-20-12-49)30-26-29-25-28(30)27-31(29)33-44-36(40-3-7-50-13-21-54-22-14-50)47-37(45-33)41-4-8-51-15-23-55-24-16-51/h28-31H,1-27H2,(H2,38,39,42,43,46)(H2,40,41,44,45,47). The van der Waals surface area contributed by atoms with E-state index in [0.717, 1.165) is 188 Å². The Balaban J connectivity index is 0.927. The van der Waals surface area contributed by atoms with Crippen molar-refractivity contribution in [1.29, 1.82) is 0 Å². The SMILES string of the molecule is C(CN1CCOCC1)Nc1nc(NCCN2CCOCC2)nc(C2CC3CC2CC3c2nc(NCCN3CCOCC3)nc(NCCN3CCOCC3)n2)n1. The topological polar surface area (TPSA) is 175 Å². The van der Waals surface area contributed by atoms with Crippen molar-refractivity contribution in [3.63, 3.8) is 0 Å². The van der Waals surface area contributed by atoms with Crippen molar-refractivity contribution < 1.29 is 18.9 Å². The van der Waals surface area contributed by atoms with E-state index in [0.29, 0.717) is 35.6 Å². The van der Waals surface area contributed by atoms with Crippen LogP contribution in [0.5, 0.6) is 0 Å². The third-order valence-corrected chi connectivity index (χ3v) is 12.1. The molecule has 4 atom stereocenters. The highest BCUT2D eigenvalue weighted by Gasteiger charge is 2.49. The number of rotatable bonds is 18. The lowest BCUT2D eigenvalue weighted by atomic mass is 9.81. The molecule has 0 aromatic carbocycles. The molecule has 4 saturated heterocycles. The quantitative estimate of drug-likeness (QED) is 0.163. The Kier molecular flexibility index (Phi) is 14.0. The molecule has 0 radical (unpaired) electrons. The van der Waals surface area contributed by atoms with Gasteiger partial charge in [-0.05, 0) is 31.1 Å². The molecular formula is C37H62N14O4. The van der Waals surface area contributed by atoms with E-state index in [2.05, 4.69) is 40.9 Å². The van der Waals surface area contributed by atoms with Crippen LogP contribution in [0.15, 0.2) is 0 Å². The first-order valence-electron chi connectivity index (χ1n) is 20.9. The third-order valence-electron chi connectivity index (χ3n) is 12.1. The summed E-state index contributed by atoms with van der Waals surface area (Å²) >= 11 is 0. The molecule has 2 aromatic rings. The van der Waals surface area contributed by atoms with Gasteiger partial charge in [-0.25, -0.2) is 0 Å². The Morgan fingerprint density at radius 1 is 0.382 bits per heavy atom. The van der Waals surface area contributed by atoms with Crippen molar-refractivity contribution in [2.24, 2.45) is 11.8 Å². The summed E-state index contributed by atoms with van der Waals surface area (Å²) in [6, 6.07) is 0. The zero-order valence-electron chi connectivity index (χ0n) is 32.5. The number of aromatic nitrogens is 6. The van der Waals surface area contributed by atoms with Crippen LogP contribution in [0.1, 0.15) is 42.7 Å². The van der Waals surface area contributed by atoms with Gasteiger partial charge in [0.1, 0.15) is 11.6 Å². The van der Waals surface area contributed by atoms with Crippen molar-refractivity contribution >= 4 is 23.8 Å². The van der Waals surface area contributed by atoms with Gasteiger partial charge in [0, 0.05) is 117 Å². The maximum Gasteiger partial charge on any atom is 0.227 e. The summed E-state index contributed by atoms with van der Waals surface area (Å²) in [6.45, 7) is 20.9. The zero-order chi connectivity index (χ0) is 37.1. The van der Waals surface area contributed by atoms with Crippen molar-refractivity contribution in [3.8, 4) is 0 Å². The van der Waals surface area contributed by atoms with E-state index in [1.807, 2.05) is 0 Å². The number of nitrogens with one attached hydrogen (secondary N) is 4. The average molecular weight is 767 g/mol. The Bertz CT molecular complexity index is 1280. The number of nitrogens with zero attached hydrogens (tertiary/aromatic N) is 10. The van der Waals surface area contributed by atoms with Gasteiger partial charge in [0.25, 0.3) is 0 Å². The monoisotopic (exact) mass is 767 g/mol. The zero-order valence-corrected chi connectivity index (χ0v) is 32.5. The molecule has 0 spiro atoms. The molecule has 6 heterocycles. The second-order valence-corrected chi connectivity index (χ2v) is 15.6. The maximum atomic E-state index is 5.54. The molecule has 2 aliphatic carbocycles. The molecule has 2 saturated carbocycles. The first-order chi connectivity index (χ1) is 27.2. The Hall–Kier alpha value is -3.10. The van der Waals surface area contributed by atoms with E-state index in [4.69, 9.17) is 48.9 Å². The van der Waals surface area contributed by atoms with E-state index in [1.54, 1.807) is 0 Å². The summed E-state index contributed by atoms with van der Waals surface area (Å²) in [5.74, 6) is 5.92. The molecule has 18 heteroatoms. The summed E-state index contributed by atoms with van der Waals surface area (Å²) in [7, 11) is 0. The van der Waals surface area contributed by atoms with Gasteiger partial charge >= 0.3 is 0 Å². The van der Waals surface area contributed by atoms with Crippen LogP contribution < -0.4 is 21.3 Å². The van der Waals surface area contributed by atoms with Crippen LogP contribution in [0.25, 0.3) is 0 Å². The average Bonchev–Trinajstić information content (AvgIpc) is 3.85. The number of fused-ring (bicyclic) bond motifs is 2. The summed E-state index contributed by atoms with van der Waals surface area (Å²) < 4.78 is 22.1. The van der Waals surface area contributed by atoms with E-state index in [1.165, 1.54) is 0 Å². The fraction of sp³-hybridized carbons (Fsp3) is 0.838. The molecule has 0 amide bonds. The summed E-state index contributed by atoms with van der Waals surface area (Å²) in [5, 5.41) is 14.1. The van der Waals surface area contributed by atoms with Crippen molar-refractivity contribution in [3.05, 3.63) is 11.6 Å². The predicted molar refractivity (Wildman–Crippen MR) is 209 cm³/mol. The van der Waals surface area contributed by atoms with Gasteiger partial charge in [0.2, 0.25) is 23.8 Å². The highest BCUT2D eigenvalue weighted by molar-refractivity contribution is 5.38. The van der Waals surface area contributed by atoms with Crippen LogP contribution in [0.3, 0.4) is 0 Å². The number of hydrogen-bond donors (Lipinski definition) is 4. The number of morpholine rings is 4. The summed E-state index contributed by atoms with van der Waals surface area (Å²) in [4.78, 5) is 39.6. The first kappa shape index (κ1) is 38.8. The normalized spacial score (nSPS) is 27.0. The van der Waals surface area contributed by atoms with Gasteiger partial charge in [-0.3, -0.25) is 19.6 Å². The van der Waals surface area contributed by atoms with Gasteiger partial charge in [-0.1, -0.05) is 0 Å². The molecule has 2 aromatic heterocycles. The summed E-state index contributed by atoms with van der Waals surface area (Å²) in [6.07, 6.45) is 3.17. The molecule has 6 fully saturated rings. The molecule has 8 rings (SSSR count). The van der Waals surface area contributed by atoms with Crippen LogP contribution in [0.4, 0.5) is 23.8 Å². The highest BCUT2D eigenvalue weighted by atomic mass is 16.5. The van der Waals surface area contributed by atoms with E-state index >= 15 is 0 Å². The molecule has 4 N–H and O–H groups in total. The Morgan fingerprint density at radius 3 is 0.909 bits per heavy atom. The van der Waals surface area contributed by atoms with Crippen LogP contribution in [0.2, 0.25) is 0 Å². The molecule has 55 heavy (non-hydrogen) atoms. The van der Waals surface area contributed by atoms with Crippen LogP contribution in [-0.2, 0) is 18.9 Å². The smallest absolute Gasteiger partial charge is 0.227 e. The highest BCUT2D eigenvalue weighted by Crippen LogP contribution is 2.58. The third kappa shape index (κ3) is 11.1. The molecule has 2 bridgehead atoms. The van der Waals surface area contributed by atoms with Crippen LogP contribution in [-0.4, -0.2) is 207 Å². The van der Waals surface area contributed by atoms with E-state index in [-0.39, 0.29) is 11.8 Å².